The van der Waals surface area contributed by atoms with E-state index in [-0.39, 0.29) is 5.25 Å². The Labute approximate surface area is 135 Å². The number of hydrogen-bond donors (Lipinski definition) is 0. The van der Waals surface area contributed by atoms with Gasteiger partial charge in [-0.2, -0.15) is 0 Å². The number of piperidine rings is 1. The first-order valence-electron chi connectivity index (χ1n) is 9.10. The van der Waals surface area contributed by atoms with Crippen LogP contribution in [-0.2, 0) is 10.0 Å². The standard InChI is InChI=1S/C16H31N3O2S/c20-22(21,19-12-4-5-13-19)16-7-14-18(15-16)11-6-10-17-8-2-1-3-9-17/h16H,1-15H2/t16-/m0/s1. The molecule has 3 fully saturated rings. The highest BCUT2D eigenvalue weighted by molar-refractivity contribution is 7.89. The van der Waals surface area contributed by atoms with Crippen molar-refractivity contribution in [3.8, 4) is 0 Å². The zero-order valence-corrected chi connectivity index (χ0v) is 14.6. The van der Waals surface area contributed by atoms with Crippen molar-refractivity contribution in [3.63, 3.8) is 0 Å². The minimum absolute atomic E-state index is 0.152. The fraction of sp³-hybridized carbons (Fsp3) is 1.00. The van der Waals surface area contributed by atoms with Crippen LogP contribution >= 0.6 is 0 Å². The molecule has 1 atom stereocenters. The van der Waals surface area contributed by atoms with Crippen molar-refractivity contribution in [2.75, 3.05) is 52.4 Å². The predicted octanol–water partition coefficient (Wildman–Crippen LogP) is 1.36. The lowest BCUT2D eigenvalue weighted by molar-refractivity contribution is 0.212. The summed E-state index contributed by atoms with van der Waals surface area (Å²) in [6.45, 7) is 7.94. The van der Waals surface area contributed by atoms with Gasteiger partial charge in [0.1, 0.15) is 0 Å². The SMILES string of the molecule is O=S(=O)([C@H]1CCN(CCCN2CCCCC2)C1)N1CCCC1. The van der Waals surface area contributed by atoms with Crippen LogP contribution < -0.4 is 0 Å². The van der Waals surface area contributed by atoms with Crippen molar-refractivity contribution in [3.05, 3.63) is 0 Å². The van der Waals surface area contributed by atoms with Crippen molar-refractivity contribution < 1.29 is 8.42 Å². The molecular formula is C16H31N3O2S. The molecule has 22 heavy (non-hydrogen) atoms. The molecule has 3 saturated heterocycles. The highest BCUT2D eigenvalue weighted by Gasteiger charge is 2.37. The highest BCUT2D eigenvalue weighted by Crippen LogP contribution is 2.23. The van der Waals surface area contributed by atoms with Gasteiger partial charge in [0.25, 0.3) is 0 Å². The van der Waals surface area contributed by atoms with E-state index < -0.39 is 10.0 Å². The molecule has 0 saturated carbocycles. The molecule has 0 spiro atoms. The molecule has 128 valence electrons. The maximum atomic E-state index is 12.6. The molecule has 6 heteroatoms. The zero-order chi connectivity index (χ0) is 15.4. The summed E-state index contributed by atoms with van der Waals surface area (Å²) in [5.41, 5.74) is 0. The van der Waals surface area contributed by atoms with Crippen LogP contribution in [-0.4, -0.2) is 80.1 Å². The van der Waals surface area contributed by atoms with Crippen molar-refractivity contribution in [1.29, 1.82) is 0 Å². The largest absolute Gasteiger partial charge is 0.303 e. The summed E-state index contributed by atoms with van der Waals surface area (Å²) in [5, 5.41) is -0.152. The molecule has 0 aliphatic carbocycles. The Bertz CT molecular complexity index is 442. The lowest BCUT2D eigenvalue weighted by atomic mass is 10.1. The number of likely N-dealkylation sites (tertiary alicyclic amines) is 2. The third-order valence-corrected chi connectivity index (χ3v) is 7.78. The Morgan fingerprint density at radius 1 is 0.773 bits per heavy atom. The number of nitrogens with zero attached hydrogens (tertiary/aromatic N) is 3. The maximum absolute atomic E-state index is 12.6. The van der Waals surface area contributed by atoms with E-state index in [0.717, 1.165) is 52.0 Å². The molecule has 0 aromatic carbocycles. The molecule has 3 heterocycles. The fourth-order valence-electron chi connectivity index (χ4n) is 4.10. The van der Waals surface area contributed by atoms with Crippen molar-refractivity contribution >= 4 is 10.0 Å². The van der Waals surface area contributed by atoms with E-state index in [9.17, 15) is 8.42 Å². The second-order valence-electron chi connectivity index (χ2n) is 7.12. The van der Waals surface area contributed by atoms with Crippen LogP contribution in [0, 0.1) is 0 Å². The summed E-state index contributed by atoms with van der Waals surface area (Å²) in [6, 6.07) is 0. The van der Waals surface area contributed by atoms with Gasteiger partial charge in [-0.15, -0.1) is 0 Å². The van der Waals surface area contributed by atoms with E-state index in [4.69, 9.17) is 0 Å². The molecule has 3 aliphatic rings. The molecule has 0 unspecified atom stereocenters. The first-order valence-corrected chi connectivity index (χ1v) is 10.6. The molecule has 0 N–H and O–H groups in total. The third-order valence-electron chi connectivity index (χ3n) is 5.47. The minimum atomic E-state index is -3.04. The van der Waals surface area contributed by atoms with Gasteiger partial charge in [0.05, 0.1) is 5.25 Å². The van der Waals surface area contributed by atoms with Crippen molar-refractivity contribution in [1.82, 2.24) is 14.1 Å². The zero-order valence-electron chi connectivity index (χ0n) is 13.8. The van der Waals surface area contributed by atoms with Gasteiger partial charge in [-0.3, -0.25) is 0 Å². The number of rotatable bonds is 6. The minimum Gasteiger partial charge on any atom is -0.303 e. The quantitative estimate of drug-likeness (QED) is 0.738. The van der Waals surface area contributed by atoms with Crippen LogP contribution in [0.4, 0.5) is 0 Å². The van der Waals surface area contributed by atoms with Gasteiger partial charge in [0.2, 0.25) is 10.0 Å². The van der Waals surface area contributed by atoms with E-state index in [1.165, 1.54) is 45.3 Å². The van der Waals surface area contributed by atoms with Gasteiger partial charge in [0.15, 0.2) is 0 Å². The van der Waals surface area contributed by atoms with Crippen molar-refractivity contribution in [2.45, 2.75) is 50.2 Å². The lowest BCUT2D eigenvalue weighted by Crippen LogP contribution is -2.39. The lowest BCUT2D eigenvalue weighted by Gasteiger charge is -2.27. The smallest absolute Gasteiger partial charge is 0.218 e. The van der Waals surface area contributed by atoms with Gasteiger partial charge >= 0.3 is 0 Å². The summed E-state index contributed by atoms with van der Waals surface area (Å²) in [4.78, 5) is 4.93. The fourth-order valence-corrected chi connectivity index (χ4v) is 6.09. The molecule has 0 bridgehead atoms. The third kappa shape index (κ3) is 4.02. The summed E-state index contributed by atoms with van der Waals surface area (Å²) in [6.07, 6.45) is 8.15. The van der Waals surface area contributed by atoms with E-state index in [1.54, 1.807) is 4.31 Å². The van der Waals surface area contributed by atoms with Crippen molar-refractivity contribution in [2.24, 2.45) is 0 Å². The van der Waals surface area contributed by atoms with Gasteiger partial charge in [-0.05, 0) is 71.2 Å². The van der Waals surface area contributed by atoms with E-state index >= 15 is 0 Å². The summed E-state index contributed by atoms with van der Waals surface area (Å²) >= 11 is 0. The Hall–Kier alpha value is -0.170. The van der Waals surface area contributed by atoms with Gasteiger partial charge in [-0.25, -0.2) is 12.7 Å². The number of hydrogen-bond acceptors (Lipinski definition) is 4. The summed E-state index contributed by atoms with van der Waals surface area (Å²) in [5.74, 6) is 0. The van der Waals surface area contributed by atoms with Crippen LogP contribution in [0.2, 0.25) is 0 Å². The number of sulfonamides is 1. The second kappa shape index (κ2) is 7.60. The predicted molar refractivity (Wildman–Crippen MR) is 89.5 cm³/mol. The average molecular weight is 330 g/mol. The Balaban J connectivity index is 1.40. The van der Waals surface area contributed by atoms with Crippen LogP contribution in [0.3, 0.4) is 0 Å². The molecule has 3 rings (SSSR count). The molecule has 0 aromatic rings. The second-order valence-corrected chi connectivity index (χ2v) is 9.33. The molecule has 0 radical (unpaired) electrons. The molecule has 3 aliphatic heterocycles. The van der Waals surface area contributed by atoms with E-state index in [1.807, 2.05) is 0 Å². The topological polar surface area (TPSA) is 43.9 Å². The van der Waals surface area contributed by atoms with Gasteiger partial charge in [0, 0.05) is 19.6 Å². The normalized spacial score (nSPS) is 29.4. The molecule has 0 amide bonds. The van der Waals surface area contributed by atoms with Crippen LogP contribution in [0.5, 0.6) is 0 Å². The van der Waals surface area contributed by atoms with E-state index in [0.29, 0.717) is 0 Å². The Kier molecular flexibility index (Phi) is 5.76. The molecular weight excluding hydrogens is 298 g/mol. The Morgan fingerprint density at radius 3 is 2.14 bits per heavy atom. The molecule has 5 nitrogen and oxygen atoms in total. The van der Waals surface area contributed by atoms with Crippen LogP contribution in [0.1, 0.15) is 44.9 Å². The maximum Gasteiger partial charge on any atom is 0.218 e. The van der Waals surface area contributed by atoms with Crippen LogP contribution in [0.15, 0.2) is 0 Å². The summed E-state index contributed by atoms with van der Waals surface area (Å²) < 4.78 is 26.9. The molecule has 0 aromatic heterocycles. The summed E-state index contributed by atoms with van der Waals surface area (Å²) in [7, 11) is -3.04. The highest BCUT2D eigenvalue weighted by atomic mass is 32.2. The van der Waals surface area contributed by atoms with Crippen LogP contribution in [0.25, 0.3) is 0 Å². The van der Waals surface area contributed by atoms with E-state index in [2.05, 4.69) is 9.80 Å². The monoisotopic (exact) mass is 329 g/mol. The first-order chi connectivity index (χ1) is 10.7. The Morgan fingerprint density at radius 2 is 1.41 bits per heavy atom. The van der Waals surface area contributed by atoms with Gasteiger partial charge < -0.3 is 9.80 Å². The first kappa shape index (κ1) is 16.7. The average Bonchev–Trinajstić information content (AvgIpc) is 3.20. The van der Waals surface area contributed by atoms with Gasteiger partial charge in [-0.1, -0.05) is 6.42 Å².